The minimum absolute atomic E-state index is 0.0934. The summed E-state index contributed by atoms with van der Waals surface area (Å²) < 4.78 is 0. The molecular weight excluding hydrogens is 166 g/mol. The van der Waals surface area contributed by atoms with Gasteiger partial charge in [0.25, 0.3) is 0 Å². The predicted octanol–water partition coefficient (Wildman–Crippen LogP) is 0.430. The Morgan fingerprint density at radius 1 is 1.23 bits per heavy atom. The van der Waals surface area contributed by atoms with Gasteiger partial charge < -0.3 is 15.9 Å². The maximum Gasteiger partial charge on any atom is 0.0805 e. The SMILES string of the molecule is NC(CO)CC(O)c1ccccc1. The second-order valence-corrected chi connectivity index (χ2v) is 3.10. The molecule has 0 heterocycles. The molecule has 0 aliphatic rings. The fraction of sp³-hybridized carbons (Fsp3) is 0.400. The summed E-state index contributed by atoms with van der Waals surface area (Å²) in [6.07, 6.45) is -0.191. The van der Waals surface area contributed by atoms with Crippen LogP contribution in [0.3, 0.4) is 0 Å². The molecule has 2 unspecified atom stereocenters. The maximum atomic E-state index is 9.63. The first-order valence-corrected chi connectivity index (χ1v) is 4.33. The Bertz CT molecular complexity index is 238. The van der Waals surface area contributed by atoms with E-state index in [-0.39, 0.29) is 12.6 Å². The Balaban J connectivity index is 2.53. The van der Waals surface area contributed by atoms with Crippen molar-refractivity contribution in [2.45, 2.75) is 18.6 Å². The number of hydrogen-bond donors (Lipinski definition) is 3. The van der Waals surface area contributed by atoms with Gasteiger partial charge in [0.2, 0.25) is 0 Å². The average Bonchev–Trinajstić information content (AvgIpc) is 2.19. The van der Waals surface area contributed by atoms with Crippen LogP contribution in [0.5, 0.6) is 0 Å². The Kier molecular flexibility index (Phi) is 3.89. The monoisotopic (exact) mass is 181 g/mol. The molecule has 0 aromatic heterocycles. The zero-order valence-corrected chi connectivity index (χ0v) is 7.43. The highest BCUT2D eigenvalue weighted by Crippen LogP contribution is 2.16. The third-order valence-corrected chi connectivity index (χ3v) is 1.94. The van der Waals surface area contributed by atoms with E-state index in [1.807, 2.05) is 30.3 Å². The summed E-state index contributed by atoms with van der Waals surface area (Å²) in [6, 6.07) is 8.95. The van der Waals surface area contributed by atoms with Gasteiger partial charge in [-0.1, -0.05) is 30.3 Å². The third kappa shape index (κ3) is 3.14. The molecule has 4 N–H and O–H groups in total. The summed E-state index contributed by atoms with van der Waals surface area (Å²) in [7, 11) is 0. The zero-order valence-electron chi connectivity index (χ0n) is 7.43. The van der Waals surface area contributed by atoms with Gasteiger partial charge >= 0.3 is 0 Å². The van der Waals surface area contributed by atoms with Crippen LogP contribution in [0, 0.1) is 0 Å². The summed E-state index contributed by atoms with van der Waals surface area (Å²) in [4.78, 5) is 0. The molecule has 0 radical (unpaired) electrons. The lowest BCUT2D eigenvalue weighted by molar-refractivity contribution is 0.140. The quantitative estimate of drug-likeness (QED) is 0.631. The first-order valence-electron chi connectivity index (χ1n) is 4.33. The predicted molar refractivity (Wildman–Crippen MR) is 51.1 cm³/mol. The van der Waals surface area contributed by atoms with Crippen LogP contribution in [-0.4, -0.2) is 22.9 Å². The molecule has 2 atom stereocenters. The van der Waals surface area contributed by atoms with Crippen molar-refractivity contribution >= 4 is 0 Å². The molecule has 0 saturated heterocycles. The number of aliphatic hydroxyl groups excluding tert-OH is 2. The van der Waals surface area contributed by atoms with E-state index in [0.717, 1.165) is 5.56 Å². The van der Waals surface area contributed by atoms with Gasteiger partial charge in [-0.15, -0.1) is 0 Å². The normalized spacial score (nSPS) is 15.3. The lowest BCUT2D eigenvalue weighted by atomic mass is 10.0. The molecule has 3 nitrogen and oxygen atoms in total. The van der Waals surface area contributed by atoms with E-state index >= 15 is 0 Å². The molecule has 1 aromatic carbocycles. The fourth-order valence-corrected chi connectivity index (χ4v) is 1.17. The molecule has 0 fully saturated rings. The van der Waals surface area contributed by atoms with E-state index in [2.05, 4.69) is 0 Å². The van der Waals surface area contributed by atoms with Crippen molar-refractivity contribution in [2.75, 3.05) is 6.61 Å². The number of benzene rings is 1. The van der Waals surface area contributed by atoms with Crippen molar-refractivity contribution in [3.8, 4) is 0 Å². The molecule has 0 amide bonds. The minimum Gasteiger partial charge on any atom is -0.395 e. The van der Waals surface area contributed by atoms with Gasteiger partial charge in [-0.05, 0) is 12.0 Å². The summed E-state index contributed by atoms with van der Waals surface area (Å²) in [5.74, 6) is 0. The van der Waals surface area contributed by atoms with Crippen LogP contribution in [0.4, 0.5) is 0 Å². The fourth-order valence-electron chi connectivity index (χ4n) is 1.17. The number of nitrogens with two attached hydrogens (primary N) is 1. The molecule has 1 rings (SSSR count). The van der Waals surface area contributed by atoms with Crippen LogP contribution in [0.1, 0.15) is 18.1 Å². The highest BCUT2D eigenvalue weighted by atomic mass is 16.3. The minimum atomic E-state index is -0.580. The lowest BCUT2D eigenvalue weighted by Gasteiger charge is -2.14. The summed E-state index contributed by atoms with van der Waals surface area (Å²) in [6.45, 7) is -0.0934. The number of aliphatic hydroxyl groups is 2. The van der Waals surface area contributed by atoms with Crippen LogP contribution < -0.4 is 5.73 Å². The zero-order chi connectivity index (χ0) is 9.68. The van der Waals surface area contributed by atoms with E-state index in [4.69, 9.17) is 10.8 Å². The van der Waals surface area contributed by atoms with Crippen molar-refractivity contribution in [2.24, 2.45) is 5.73 Å². The van der Waals surface area contributed by atoms with E-state index < -0.39 is 6.10 Å². The standard InChI is InChI=1S/C10H15NO2/c11-9(7-12)6-10(13)8-4-2-1-3-5-8/h1-5,9-10,12-13H,6-7,11H2. The van der Waals surface area contributed by atoms with Gasteiger partial charge in [0.05, 0.1) is 12.7 Å². The van der Waals surface area contributed by atoms with Crippen molar-refractivity contribution in [3.63, 3.8) is 0 Å². The average molecular weight is 181 g/mol. The van der Waals surface area contributed by atoms with Crippen LogP contribution in [0.15, 0.2) is 30.3 Å². The molecule has 72 valence electrons. The molecule has 0 aliphatic heterocycles. The van der Waals surface area contributed by atoms with Crippen LogP contribution in [0.2, 0.25) is 0 Å². The number of hydrogen-bond acceptors (Lipinski definition) is 3. The van der Waals surface area contributed by atoms with Crippen molar-refractivity contribution in [1.82, 2.24) is 0 Å². The first kappa shape index (κ1) is 10.2. The molecular formula is C10H15NO2. The van der Waals surface area contributed by atoms with Gasteiger partial charge in [0.1, 0.15) is 0 Å². The Morgan fingerprint density at radius 3 is 2.38 bits per heavy atom. The van der Waals surface area contributed by atoms with Gasteiger partial charge in [0, 0.05) is 6.04 Å². The molecule has 0 aliphatic carbocycles. The lowest BCUT2D eigenvalue weighted by Crippen LogP contribution is -2.26. The van der Waals surface area contributed by atoms with Crippen LogP contribution in [-0.2, 0) is 0 Å². The molecule has 0 spiro atoms. The second-order valence-electron chi connectivity index (χ2n) is 3.10. The van der Waals surface area contributed by atoms with E-state index in [1.54, 1.807) is 0 Å². The molecule has 3 heteroatoms. The first-order chi connectivity index (χ1) is 6.24. The van der Waals surface area contributed by atoms with Crippen LogP contribution in [0.25, 0.3) is 0 Å². The van der Waals surface area contributed by atoms with Gasteiger partial charge in [-0.3, -0.25) is 0 Å². The Hall–Kier alpha value is -0.900. The largest absolute Gasteiger partial charge is 0.395 e. The smallest absolute Gasteiger partial charge is 0.0805 e. The maximum absolute atomic E-state index is 9.63. The van der Waals surface area contributed by atoms with Gasteiger partial charge in [-0.25, -0.2) is 0 Å². The molecule has 13 heavy (non-hydrogen) atoms. The summed E-state index contributed by atoms with van der Waals surface area (Å²) >= 11 is 0. The molecule has 0 bridgehead atoms. The highest BCUT2D eigenvalue weighted by molar-refractivity contribution is 5.17. The van der Waals surface area contributed by atoms with Crippen molar-refractivity contribution < 1.29 is 10.2 Å². The van der Waals surface area contributed by atoms with Gasteiger partial charge in [0.15, 0.2) is 0 Å². The Morgan fingerprint density at radius 2 is 1.85 bits per heavy atom. The second kappa shape index (κ2) is 4.97. The molecule has 1 aromatic rings. The van der Waals surface area contributed by atoms with Crippen molar-refractivity contribution in [1.29, 1.82) is 0 Å². The summed E-state index contributed by atoms with van der Waals surface area (Å²) in [5.41, 5.74) is 6.34. The van der Waals surface area contributed by atoms with Crippen LogP contribution >= 0.6 is 0 Å². The Labute approximate surface area is 77.8 Å². The van der Waals surface area contributed by atoms with E-state index in [9.17, 15) is 5.11 Å². The van der Waals surface area contributed by atoms with Gasteiger partial charge in [-0.2, -0.15) is 0 Å². The topological polar surface area (TPSA) is 66.5 Å². The van der Waals surface area contributed by atoms with E-state index in [0.29, 0.717) is 6.42 Å². The third-order valence-electron chi connectivity index (χ3n) is 1.94. The van der Waals surface area contributed by atoms with E-state index in [1.165, 1.54) is 0 Å². The van der Waals surface area contributed by atoms with Crippen molar-refractivity contribution in [3.05, 3.63) is 35.9 Å². The highest BCUT2D eigenvalue weighted by Gasteiger charge is 2.10. The summed E-state index contributed by atoms with van der Waals surface area (Å²) in [5, 5.41) is 18.3. The number of rotatable bonds is 4. The molecule has 0 saturated carbocycles.